The van der Waals surface area contributed by atoms with Gasteiger partial charge in [0.2, 0.25) is 5.95 Å². The van der Waals surface area contributed by atoms with Crippen LogP contribution in [0.5, 0.6) is 0 Å². The van der Waals surface area contributed by atoms with E-state index in [0.717, 1.165) is 16.1 Å². The minimum atomic E-state index is -1.08. The minimum Gasteiger partial charge on any atom is -0.465 e. The third-order valence-electron chi connectivity index (χ3n) is 4.67. The van der Waals surface area contributed by atoms with Crippen molar-refractivity contribution in [3.05, 3.63) is 40.5 Å². The number of nitrogens with one attached hydrogen (secondary N) is 1. The number of aryl methyl sites for hydroxylation is 1. The third kappa shape index (κ3) is 3.85. The fourth-order valence-electron chi connectivity index (χ4n) is 3.14. The summed E-state index contributed by atoms with van der Waals surface area (Å²) in [4.78, 5) is 43.8. The van der Waals surface area contributed by atoms with Crippen LogP contribution in [0.15, 0.2) is 18.5 Å². The van der Waals surface area contributed by atoms with Gasteiger partial charge in [-0.05, 0) is 25.5 Å². The molecule has 156 valence electrons. The largest absolute Gasteiger partial charge is 0.465 e. The highest BCUT2D eigenvalue weighted by molar-refractivity contribution is 7.18. The SMILES string of the molecule is Cc1nc2nc(N[C@@H](C)c3cncc(F)c3)nc(C(=O)N3CCN(C(=O)O)C3)c2s1. The van der Waals surface area contributed by atoms with Crippen LogP contribution in [0.1, 0.15) is 34.0 Å². The number of carbonyl (C=O) groups is 2. The molecule has 0 saturated carbocycles. The van der Waals surface area contributed by atoms with Crippen LogP contribution in [-0.4, -0.2) is 66.6 Å². The van der Waals surface area contributed by atoms with Gasteiger partial charge in [-0.25, -0.2) is 19.2 Å². The normalized spacial score (nSPS) is 14.9. The number of halogens is 1. The first-order chi connectivity index (χ1) is 14.3. The zero-order valence-electron chi connectivity index (χ0n) is 16.2. The number of hydrogen-bond acceptors (Lipinski definition) is 8. The zero-order chi connectivity index (χ0) is 21.4. The molecule has 12 heteroatoms. The third-order valence-corrected chi connectivity index (χ3v) is 5.64. The molecule has 30 heavy (non-hydrogen) atoms. The van der Waals surface area contributed by atoms with Crippen molar-refractivity contribution in [1.82, 2.24) is 29.7 Å². The highest BCUT2D eigenvalue weighted by atomic mass is 32.1. The van der Waals surface area contributed by atoms with E-state index in [1.807, 2.05) is 0 Å². The Morgan fingerprint density at radius 3 is 2.70 bits per heavy atom. The van der Waals surface area contributed by atoms with Crippen molar-refractivity contribution in [3.8, 4) is 0 Å². The second kappa shape index (κ2) is 7.78. The van der Waals surface area contributed by atoms with Crippen molar-refractivity contribution >= 4 is 39.6 Å². The zero-order valence-corrected chi connectivity index (χ0v) is 17.0. The molecule has 0 spiro atoms. The van der Waals surface area contributed by atoms with E-state index in [1.165, 1.54) is 28.5 Å². The monoisotopic (exact) mass is 431 g/mol. The first kappa shape index (κ1) is 19.9. The fraction of sp³-hybridized carbons (Fsp3) is 0.333. The molecule has 3 aromatic rings. The van der Waals surface area contributed by atoms with Gasteiger partial charge in [0.1, 0.15) is 10.5 Å². The van der Waals surface area contributed by atoms with Gasteiger partial charge in [0.15, 0.2) is 11.3 Å². The van der Waals surface area contributed by atoms with Gasteiger partial charge in [-0.1, -0.05) is 0 Å². The molecule has 1 fully saturated rings. The number of pyridine rings is 1. The van der Waals surface area contributed by atoms with Gasteiger partial charge in [-0.2, -0.15) is 4.98 Å². The Morgan fingerprint density at radius 2 is 2.00 bits per heavy atom. The quantitative estimate of drug-likeness (QED) is 0.646. The van der Waals surface area contributed by atoms with Crippen LogP contribution in [0.4, 0.5) is 15.1 Å². The average molecular weight is 431 g/mol. The van der Waals surface area contributed by atoms with Gasteiger partial charge in [-0.3, -0.25) is 14.7 Å². The average Bonchev–Trinajstić information content (AvgIpc) is 3.33. The topological polar surface area (TPSA) is 124 Å². The lowest BCUT2D eigenvalue weighted by Gasteiger charge is -2.17. The molecule has 1 aliphatic heterocycles. The number of anilines is 1. The molecule has 0 aliphatic carbocycles. The van der Waals surface area contributed by atoms with Gasteiger partial charge >= 0.3 is 6.09 Å². The summed E-state index contributed by atoms with van der Waals surface area (Å²) in [5.74, 6) is -0.680. The summed E-state index contributed by atoms with van der Waals surface area (Å²) in [6, 6.07) is 0.982. The van der Waals surface area contributed by atoms with Gasteiger partial charge in [0.25, 0.3) is 5.91 Å². The van der Waals surface area contributed by atoms with Gasteiger partial charge in [-0.15, -0.1) is 11.3 Å². The fourth-order valence-corrected chi connectivity index (χ4v) is 3.98. The van der Waals surface area contributed by atoms with Crippen LogP contribution >= 0.6 is 11.3 Å². The Balaban J connectivity index is 1.66. The second-order valence-corrected chi connectivity index (χ2v) is 8.04. The van der Waals surface area contributed by atoms with Crippen molar-refractivity contribution in [1.29, 1.82) is 0 Å². The van der Waals surface area contributed by atoms with E-state index in [9.17, 15) is 14.0 Å². The Bertz CT molecular complexity index is 1140. The molecule has 4 rings (SSSR count). The van der Waals surface area contributed by atoms with Crippen LogP contribution < -0.4 is 5.32 Å². The summed E-state index contributed by atoms with van der Waals surface area (Å²) in [6.45, 7) is 4.10. The van der Waals surface area contributed by atoms with Crippen molar-refractivity contribution in [2.45, 2.75) is 19.9 Å². The summed E-state index contributed by atoms with van der Waals surface area (Å²) < 4.78 is 14.0. The summed E-state index contributed by atoms with van der Waals surface area (Å²) >= 11 is 1.30. The Labute approximate surface area is 174 Å². The predicted molar refractivity (Wildman–Crippen MR) is 107 cm³/mol. The number of fused-ring (bicyclic) bond motifs is 1. The molecule has 1 atom stereocenters. The number of thiazole rings is 1. The molecule has 1 aliphatic rings. The van der Waals surface area contributed by atoms with Crippen LogP contribution in [-0.2, 0) is 0 Å². The maximum atomic E-state index is 13.5. The van der Waals surface area contributed by atoms with E-state index in [0.29, 0.717) is 15.9 Å². The second-order valence-electron chi connectivity index (χ2n) is 6.84. The number of aromatic nitrogens is 4. The first-order valence-electron chi connectivity index (χ1n) is 9.11. The van der Waals surface area contributed by atoms with Crippen LogP contribution in [0.25, 0.3) is 10.3 Å². The van der Waals surface area contributed by atoms with Crippen molar-refractivity contribution in [2.24, 2.45) is 0 Å². The summed E-state index contributed by atoms with van der Waals surface area (Å²) in [5, 5.41) is 12.9. The maximum absolute atomic E-state index is 13.5. The van der Waals surface area contributed by atoms with Crippen LogP contribution in [0.3, 0.4) is 0 Å². The number of amides is 2. The molecule has 10 nitrogen and oxygen atoms in total. The summed E-state index contributed by atoms with van der Waals surface area (Å²) in [7, 11) is 0. The lowest BCUT2D eigenvalue weighted by Crippen LogP contribution is -2.33. The molecular formula is C18H18FN7O3S. The van der Waals surface area contributed by atoms with E-state index in [1.54, 1.807) is 13.8 Å². The molecule has 0 bridgehead atoms. The van der Waals surface area contributed by atoms with E-state index in [4.69, 9.17) is 5.11 Å². The van der Waals surface area contributed by atoms with Crippen molar-refractivity contribution in [2.75, 3.05) is 25.1 Å². The molecule has 0 unspecified atom stereocenters. The van der Waals surface area contributed by atoms with Crippen molar-refractivity contribution in [3.63, 3.8) is 0 Å². The van der Waals surface area contributed by atoms with Gasteiger partial charge in [0, 0.05) is 19.3 Å². The molecule has 2 N–H and O–H groups in total. The Hall–Kier alpha value is -3.41. The van der Waals surface area contributed by atoms with Gasteiger partial charge in [0.05, 0.1) is 23.9 Å². The van der Waals surface area contributed by atoms with Crippen LogP contribution in [0.2, 0.25) is 0 Å². The predicted octanol–water partition coefficient (Wildman–Crippen LogP) is 2.50. The van der Waals surface area contributed by atoms with E-state index in [-0.39, 0.29) is 37.4 Å². The minimum absolute atomic E-state index is 0.0222. The van der Waals surface area contributed by atoms with Crippen LogP contribution in [0, 0.1) is 12.7 Å². The standard InChI is InChI=1S/C18H18FN7O3S/c1-9(11-5-12(19)7-20-6-11)21-17-23-13(14-15(24-17)22-10(2)30-14)16(27)25-3-4-26(8-25)18(28)29/h5-7,9H,3-4,8H2,1-2H3,(H,28,29)(H,21,23,24)/t9-/m0/s1. The number of rotatable bonds is 4. The molecule has 0 radical (unpaired) electrons. The number of carboxylic acid groups (broad SMARTS) is 1. The van der Waals surface area contributed by atoms with Crippen molar-refractivity contribution < 1.29 is 19.1 Å². The van der Waals surface area contributed by atoms with E-state index < -0.39 is 17.8 Å². The number of nitrogens with zero attached hydrogens (tertiary/aromatic N) is 6. The summed E-state index contributed by atoms with van der Waals surface area (Å²) in [6.07, 6.45) is 1.57. The summed E-state index contributed by atoms with van der Waals surface area (Å²) in [5.41, 5.74) is 1.12. The number of carbonyl (C=O) groups excluding carboxylic acids is 1. The molecule has 1 saturated heterocycles. The molecular weight excluding hydrogens is 413 g/mol. The highest BCUT2D eigenvalue weighted by Crippen LogP contribution is 2.27. The smallest absolute Gasteiger partial charge is 0.408 e. The Kier molecular flexibility index (Phi) is 5.16. The Morgan fingerprint density at radius 1 is 1.23 bits per heavy atom. The van der Waals surface area contributed by atoms with E-state index in [2.05, 4.69) is 25.3 Å². The highest BCUT2D eigenvalue weighted by Gasteiger charge is 2.31. The molecule has 0 aromatic carbocycles. The maximum Gasteiger partial charge on any atom is 0.408 e. The van der Waals surface area contributed by atoms with E-state index >= 15 is 0 Å². The molecule has 4 heterocycles. The molecule has 2 amide bonds. The lowest BCUT2D eigenvalue weighted by molar-refractivity contribution is 0.0761. The van der Waals surface area contributed by atoms with Gasteiger partial charge < -0.3 is 15.3 Å². The number of hydrogen-bond donors (Lipinski definition) is 2. The lowest BCUT2D eigenvalue weighted by atomic mass is 10.1. The molecule has 3 aromatic heterocycles. The first-order valence-corrected chi connectivity index (χ1v) is 9.93.